The first-order chi connectivity index (χ1) is 9.19. The lowest BCUT2D eigenvalue weighted by Gasteiger charge is -2.06. The van der Waals surface area contributed by atoms with Gasteiger partial charge in [-0.1, -0.05) is 31.4 Å². The number of methoxy groups -OCH3 is 1. The zero-order valence-electron chi connectivity index (χ0n) is 10.7. The molecule has 2 heterocycles. The van der Waals surface area contributed by atoms with Crippen molar-refractivity contribution >= 4 is 11.2 Å². The molecule has 0 N–H and O–H groups in total. The summed E-state index contributed by atoms with van der Waals surface area (Å²) in [5.41, 5.74) is 1.68. The highest BCUT2D eigenvalue weighted by Crippen LogP contribution is 2.15. The number of fused-ring (bicyclic) bond motifs is 1. The molecule has 4 nitrogen and oxygen atoms in total. The van der Waals surface area contributed by atoms with E-state index < -0.39 is 0 Å². The van der Waals surface area contributed by atoms with E-state index in [1.165, 1.54) is 10.5 Å². The maximum Gasteiger partial charge on any atom is 0.258 e. The molecule has 0 unspecified atom stereocenters. The molecule has 4 heteroatoms. The van der Waals surface area contributed by atoms with Crippen LogP contribution in [0.1, 0.15) is 5.69 Å². The molecule has 0 saturated heterocycles. The number of allylic oxidation sites excluding steroid dienone is 4. The lowest BCUT2D eigenvalue weighted by Crippen LogP contribution is -2.15. The Balaban J connectivity index is 2.72. The van der Waals surface area contributed by atoms with Crippen LogP contribution in [0.4, 0.5) is 0 Å². The van der Waals surface area contributed by atoms with Crippen LogP contribution in [-0.2, 0) is 0 Å². The molecule has 96 valence electrons. The highest BCUT2D eigenvalue weighted by molar-refractivity contribution is 5.73. The van der Waals surface area contributed by atoms with Gasteiger partial charge < -0.3 is 4.74 Å². The highest BCUT2D eigenvalue weighted by atomic mass is 16.5. The van der Waals surface area contributed by atoms with Gasteiger partial charge in [-0.05, 0) is 11.6 Å². The second-order valence-corrected chi connectivity index (χ2v) is 3.84. The molecular formula is C15H14N2O2. The van der Waals surface area contributed by atoms with Gasteiger partial charge in [0.1, 0.15) is 11.4 Å². The molecular weight excluding hydrogens is 240 g/mol. The Morgan fingerprint density at radius 3 is 2.84 bits per heavy atom. The number of nitrogens with zero attached hydrogens (tertiary/aromatic N) is 2. The van der Waals surface area contributed by atoms with Crippen molar-refractivity contribution in [1.29, 1.82) is 0 Å². The van der Waals surface area contributed by atoms with Crippen molar-refractivity contribution in [2.24, 2.45) is 0 Å². The smallest absolute Gasteiger partial charge is 0.258 e. The van der Waals surface area contributed by atoms with Gasteiger partial charge in [-0.3, -0.25) is 9.20 Å². The fraction of sp³-hybridized carbons (Fsp3) is 0.0667. The van der Waals surface area contributed by atoms with Crippen LogP contribution in [0.3, 0.4) is 0 Å². The molecule has 0 spiro atoms. The van der Waals surface area contributed by atoms with E-state index >= 15 is 0 Å². The molecule has 0 aromatic carbocycles. The lowest BCUT2D eigenvalue weighted by molar-refractivity contribution is 0.414. The Hall–Kier alpha value is -2.62. The molecule has 0 aliphatic carbocycles. The van der Waals surface area contributed by atoms with Crippen molar-refractivity contribution in [2.75, 3.05) is 7.11 Å². The summed E-state index contributed by atoms with van der Waals surface area (Å²) in [5, 5.41) is 0. The average Bonchev–Trinajstić information content (AvgIpc) is 2.43. The summed E-state index contributed by atoms with van der Waals surface area (Å²) in [5.74, 6) is 0.650. The Kier molecular flexibility index (Phi) is 3.61. The van der Waals surface area contributed by atoms with E-state index in [2.05, 4.69) is 18.1 Å². The number of pyridine rings is 1. The van der Waals surface area contributed by atoms with Gasteiger partial charge in [-0.15, -0.1) is 0 Å². The van der Waals surface area contributed by atoms with E-state index in [1.807, 2.05) is 0 Å². The molecule has 0 bridgehead atoms. The number of rotatable bonds is 4. The minimum absolute atomic E-state index is 0.153. The number of hydrogen-bond donors (Lipinski definition) is 0. The van der Waals surface area contributed by atoms with Crippen molar-refractivity contribution in [3.8, 4) is 5.75 Å². The minimum Gasteiger partial charge on any atom is -0.497 e. The molecule has 0 fully saturated rings. The van der Waals surface area contributed by atoms with Gasteiger partial charge in [0.15, 0.2) is 0 Å². The van der Waals surface area contributed by atoms with E-state index in [0.29, 0.717) is 17.1 Å². The minimum atomic E-state index is -0.153. The van der Waals surface area contributed by atoms with Crippen LogP contribution in [0.5, 0.6) is 5.75 Å². The largest absolute Gasteiger partial charge is 0.497 e. The third-order valence-corrected chi connectivity index (χ3v) is 2.69. The third kappa shape index (κ3) is 2.47. The Morgan fingerprint density at radius 1 is 1.42 bits per heavy atom. The highest BCUT2D eigenvalue weighted by Gasteiger charge is 2.05. The second-order valence-electron chi connectivity index (χ2n) is 3.84. The van der Waals surface area contributed by atoms with E-state index in [9.17, 15) is 4.79 Å². The topological polar surface area (TPSA) is 43.6 Å². The van der Waals surface area contributed by atoms with Crippen molar-refractivity contribution < 1.29 is 4.74 Å². The van der Waals surface area contributed by atoms with Crippen LogP contribution in [0.15, 0.2) is 60.6 Å². The predicted octanol–water partition coefficient (Wildman–Crippen LogP) is 2.46. The van der Waals surface area contributed by atoms with Gasteiger partial charge in [0.2, 0.25) is 0 Å². The summed E-state index contributed by atoms with van der Waals surface area (Å²) in [7, 11) is 1.57. The van der Waals surface area contributed by atoms with Crippen LogP contribution in [-0.4, -0.2) is 16.5 Å². The molecule has 0 aliphatic rings. The van der Waals surface area contributed by atoms with Gasteiger partial charge in [-0.2, -0.15) is 0 Å². The molecule has 2 aromatic rings. The molecule has 0 atom stereocenters. The standard InChI is InChI=1S/C15H14N2O2/c1-4-6-11(5-2)13-10-15(18)17-8-7-12(19-3)9-14(17)16-13/h4-10H,1-2H2,3H3/b11-6+. The summed E-state index contributed by atoms with van der Waals surface area (Å²) in [6, 6.07) is 4.89. The quantitative estimate of drug-likeness (QED) is 0.787. The van der Waals surface area contributed by atoms with Crippen LogP contribution in [0.2, 0.25) is 0 Å². The van der Waals surface area contributed by atoms with Gasteiger partial charge >= 0.3 is 0 Å². The molecule has 0 radical (unpaired) electrons. The average molecular weight is 254 g/mol. The van der Waals surface area contributed by atoms with Gasteiger partial charge in [-0.25, -0.2) is 4.98 Å². The van der Waals surface area contributed by atoms with Crippen molar-refractivity contribution in [2.45, 2.75) is 0 Å². The fourth-order valence-electron chi connectivity index (χ4n) is 1.74. The normalized spacial score (nSPS) is 11.3. The maximum atomic E-state index is 12.0. The van der Waals surface area contributed by atoms with E-state index in [0.717, 1.165) is 5.57 Å². The first kappa shape index (κ1) is 12.8. The summed E-state index contributed by atoms with van der Waals surface area (Å²) in [4.78, 5) is 16.4. The van der Waals surface area contributed by atoms with E-state index in [4.69, 9.17) is 4.74 Å². The van der Waals surface area contributed by atoms with Crippen LogP contribution in [0, 0.1) is 0 Å². The third-order valence-electron chi connectivity index (χ3n) is 2.69. The predicted molar refractivity (Wildman–Crippen MR) is 76.4 cm³/mol. The first-order valence-corrected chi connectivity index (χ1v) is 5.72. The van der Waals surface area contributed by atoms with Crippen molar-refractivity contribution in [3.05, 3.63) is 71.8 Å². The zero-order chi connectivity index (χ0) is 13.8. The van der Waals surface area contributed by atoms with Crippen LogP contribution < -0.4 is 10.3 Å². The Labute approximate surface area is 111 Å². The van der Waals surface area contributed by atoms with Crippen LogP contribution >= 0.6 is 0 Å². The number of aromatic nitrogens is 2. The van der Waals surface area contributed by atoms with Gasteiger partial charge in [0.25, 0.3) is 5.56 Å². The molecule has 0 amide bonds. The molecule has 2 rings (SSSR count). The van der Waals surface area contributed by atoms with Gasteiger partial charge in [0, 0.05) is 18.3 Å². The van der Waals surface area contributed by atoms with Crippen LogP contribution in [0.25, 0.3) is 11.2 Å². The molecule has 0 saturated carbocycles. The zero-order valence-corrected chi connectivity index (χ0v) is 10.7. The SMILES string of the molecule is C=C/C=C(\C=C)c1cc(=O)n2ccc(OC)cc2n1. The maximum absolute atomic E-state index is 12.0. The molecule has 2 aromatic heterocycles. The summed E-state index contributed by atoms with van der Waals surface area (Å²) in [6.07, 6.45) is 6.66. The second kappa shape index (κ2) is 5.35. The number of hydrogen-bond acceptors (Lipinski definition) is 3. The monoisotopic (exact) mass is 254 g/mol. The summed E-state index contributed by atoms with van der Waals surface area (Å²) < 4.78 is 6.59. The van der Waals surface area contributed by atoms with E-state index in [-0.39, 0.29) is 5.56 Å². The lowest BCUT2D eigenvalue weighted by atomic mass is 10.1. The summed E-state index contributed by atoms with van der Waals surface area (Å²) >= 11 is 0. The summed E-state index contributed by atoms with van der Waals surface area (Å²) in [6.45, 7) is 7.34. The Morgan fingerprint density at radius 2 is 2.21 bits per heavy atom. The first-order valence-electron chi connectivity index (χ1n) is 5.72. The Bertz CT molecular complexity index is 726. The van der Waals surface area contributed by atoms with Crippen molar-refractivity contribution in [3.63, 3.8) is 0 Å². The van der Waals surface area contributed by atoms with Crippen molar-refractivity contribution in [1.82, 2.24) is 9.38 Å². The number of ether oxygens (including phenoxy) is 1. The van der Waals surface area contributed by atoms with E-state index in [1.54, 1.807) is 43.7 Å². The molecule has 0 aliphatic heterocycles. The van der Waals surface area contributed by atoms with Gasteiger partial charge in [0.05, 0.1) is 12.8 Å². The fourth-order valence-corrected chi connectivity index (χ4v) is 1.74. The molecule has 19 heavy (non-hydrogen) atoms.